The normalized spacial score (nSPS) is 14.2. The molecule has 19 heteroatoms. The molecule has 0 aliphatic heterocycles. The molecule has 0 fully saturated rings. The van der Waals surface area contributed by atoms with E-state index in [2.05, 4.69) is 41.5 Å². The van der Waals surface area contributed by atoms with Gasteiger partial charge in [0, 0.05) is 25.7 Å². The molecule has 0 aliphatic rings. The third-order valence-electron chi connectivity index (χ3n) is 15.5. The molecule has 0 rings (SSSR count). The number of ether oxygens (including phenoxy) is 4. The quantitative estimate of drug-likeness (QED) is 0.0222. The SMILES string of the molecule is CCCCCCCC(=O)OC[C@H](COP(=O)(O)OC[C@H](O)COP(=O)(O)OC[C@@H](COC(=O)CCCCCCCCCCCCCCCCC(C)C)OC(=O)CCCCCCCCCCCCCCCCCCC(C)C)OC(=O)CCCCCCC. The van der Waals surface area contributed by atoms with Crippen LogP contribution in [0, 0.1) is 11.8 Å². The highest BCUT2D eigenvalue weighted by atomic mass is 31.2. The lowest BCUT2D eigenvalue weighted by Gasteiger charge is -2.21. The van der Waals surface area contributed by atoms with Gasteiger partial charge in [0.05, 0.1) is 26.4 Å². The zero-order chi connectivity index (χ0) is 63.6. The van der Waals surface area contributed by atoms with Crippen LogP contribution in [0.15, 0.2) is 0 Å². The first-order valence-electron chi connectivity index (χ1n) is 35.0. The summed E-state index contributed by atoms with van der Waals surface area (Å²) in [6, 6.07) is 0. The number of phosphoric ester groups is 2. The molecule has 3 N–H and O–H groups in total. The van der Waals surface area contributed by atoms with Gasteiger partial charge in [0.15, 0.2) is 12.2 Å². The van der Waals surface area contributed by atoms with Gasteiger partial charge >= 0.3 is 39.5 Å². The van der Waals surface area contributed by atoms with Crippen molar-refractivity contribution in [2.75, 3.05) is 39.6 Å². The predicted molar refractivity (Wildman–Crippen MR) is 345 cm³/mol. The van der Waals surface area contributed by atoms with Crippen LogP contribution in [-0.4, -0.2) is 96.7 Å². The maximum Gasteiger partial charge on any atom is 0.472 e. The molecule has 0 heterocycles. The Balaban J connectivity index is 5.07. The number of aliphatic hydroxyl groups excluding tert-OH is 1. The molecule has 0 saturated heterocycles. The highest BCUT2D eigenvalue weighted by molar-refractivity contribution is 7.47. The number of hydrogen-bond donors (Lipinski definition) is 3. The molecule has 86 heavy (non-hydrogen) atoms. The van der Waals surface area contributed by atoms with Gasteiger partial charge in [-0.15, -0.1) is 0 Å². The molecule has 0 aromatic rings. The molecule has 0 spiro atoms. The average molecular weight is 1270 g/mol. The second kappa shape index (κ2) is 59.4. The molecule has 0 bridgehead atoms. The van der Waals surface area contributed by atoms with E-state index in [0.29, 0.717) is 25.7 Å². The Morgan fingerprint density at radius 1 is 0.314 bits per heavy atom. The molecule has 510 valence electrons. The summed E-state index contributed by atoms with van der Waals surface area (Å²) in [5.74, 6) is -0.543. The maximum absolute atomic E-state index is 13.0. The summed E-state index contributed by atoms with van der Waals surface area (Å²) in [6.07, 6.45) is 44.0. The number of carbonyl (C=O) groups excluding carboxylic acids is 4. The maximum atomic E-state index is 13.0. The number of phosphoric acid groups is 2. The zero-order valence-corrected chi connectivity index (χ0v) is 57.4. The first-order chi connectivity index (χ1) is 41.4. The van der Waals surface area contributed by atoms with E-state index in [1.54, 1.807) is 0 Å². The fourth-order valence-electron chi connectivity index (χ4n) is 10.1. The summed E-state index contributed by atoms with van der Waals surface area (Å²) < 4.78 is 67.7. The minimum absolute atomic E-state index is 0.0988. The van der Waals surface area contributed by atoms with Crippen LogP contribution in [0.2, 0.25) is 0 Å². The van der Waals surface area contributed by atoms with Gasteiger partial charge in [-0.2, -0.15) is 0 Å². The molecule has 17 nitrogen and oxygen atoms in total. The Morgan fingerprint density at radius 3 is 0.791 bits per heavy atom. The van der Waals surface area contributed by atoms with Crippen molar-refractivity contribution in [3.05, 3.63) is 0 Å². The van der Waals surface area contributed by atoms with Crippen molar-refractivity contribution in [3.63, 3.8) is 0 Å². The third kappa shape index (κ3) is 60.9. The van der Waals surface area contributed by atoms with Crippen molar-refractivity contribution in [1.29, 1.82) is 0 Å². The fourth-order valence-corrected chi connectivity index (χ4v) is 11.6. The Bertz CT molecular complexity index is 1680. The molecule has 0 amide bonds. The summed E-state index contributed by atoms with van der Waals surface area (Å²) in [7, 11) is -9.87. The van der Waals surface area contributed by atoms with Gasteiger partial charge in [-0.3, -0.25) is 37.3 Å². The van der Waals surface area contributed by atoms with Crippen molar-refractivity contribution in [1.82, 2.24) is 0 Å². The Hall–Kier alpha value is -1.94. The fraction of sp³-hybridized carbons (Fsp3) is 0.940. The van der Waals surface area contributed by atoms with Gasteiger partial charge in [0.25, 0.3) is 0 Å². The van der Waals surface area contributed by atoms with Crippen LogP contribution in [0.3, 0.4) is 0 Å². The molecular weight excluding hydrogens is 1140 g/mol. The van der Waals surface area contributed by atoms with Crippen molar-refractivity contribution in [2.24, 2.45) is 11.8 Å². The first-order valence-corrected chi connectivity index (χ1v) is 38.0. The molecule has 0 aromatic carbocycles. The van der Waals surface area contributed by atoms with Gasteiger partial charge in [-0.05, 0) is 37.5 Å². The summed E-state index contributed by atoms with van der Waals surface area (Å²) in [5.41, 5.74) is 0. The number of esters is 4. The van der Waals surface area contributed by atoms with Crippen LogP contribution in [0.4, 0.5) is 0 Å². The van der Waals surface area contributed by atoms with E-state index < -0.39 is 97.5 Å². The number of rotatable bonds is 66. The second-order valence-electron chi connectivity index (χ2n) is 25.2. The lowest BCUT2D eigenvalue weighted by atomic mass is 10.0. The largest absolute Gasteiger partial charge is 0.472 e. The minimum atomic E-state index is -4.95. The number of aliphatic hydroxyl groups is 1. The van der Waals surface area contributed by atoms with Gasteiger partial charge in [0.1, 0.15) is 19.3 Å². The van der Waals surface area contributed by atoms with Gasteiger partial charge in [-0.25, -0.2) is 9.13 Å². The molecule has 0 saturated carbocycles. The molecule has 0 aromatic heterocycles. The third-order valence-corrected chi connectivity index (χ3v) is 17.4. The molecule has 0 radical (unpaired) electrons. The summed E-state index contributed by atoms with van der Waals surface area (Å²) in [4.78, 5) is 71.8. The first kappa shape index (κ1) is 84.1. The lowest BCUT2D eigenvalue weighted by molar-refractivity contribution is -0.161. The van der Waals surface area contributed by atoms with E-state index in [4.69, 9.17) is 37.0 Å². The number of carbonyl (C=O) groups is 4. The van der Waals surface area contributed by atoms with Crippen LogP contribution in [-0.2, 0) is 65.4 Å². The number of hydrogen-bond acceptors (Lipinski definition) is 15. The average Bonchev–Trinajstić information content (AvgIpc) is 3.50. The summed E-state index contributed by atoms with van der Waals surface area (Å²) in [5, 5.41) is 10.5. The van der Waals surface area contributed by atoms with Crippen LogP contribution in [0.1, 0.15) is 337 Å². The van der Waals surface area contributed by atoms with Gasteiger partial charge in [-0.1, -0.05) is 286 Å². The van der Waals surface area contributed by atoms with Crippen molar-refractivity contribution < 1.29 is 80.2 Å². The van der Waals surface area contributed by atoms with E-state index in [9.17, 15) is 43.2 Å². The Labute approximate surface area is 524 Å². The number of unbranched alkanes of at least 4 members (excludes halogenated alkanes) is 36. The van der Waals surface area contributed by atoms with E-state index in [0.717, 1.165) is 108 Å². The lowest BCUT2D eigenvalue weighted by Crippen LogP contribution is -2.30. The molecule has 2 unspecified atom stereocenters. The monoisotopic (exact) mass is 1270 g/mol. The van der Waals surface area contributed by atoms with Crippen molar-refractivity contribution in [2.45, 2.75) is 355 Å². The Morgan fingerprint density at radius 2 is 0.535 bits per heavy atom. The Kier molecular flexibility index (Phi) is 58.0. The minimum Gasteiger partial charge on any atom is -0.462 e. The predicted octanol–water partition coefficient (Wildman–Crippen LogP) is 18.8. The van der Waals surface area contributed by atoms with Crippen molar-refractivity contribution in [3.8, 4) is 0 Å². The summed E-state index contributed by atoms with van der Waals surface area (Å²) in [6.45, 7) is 9.39. The standard InChI is InChI=1S/C67H130O17P2/c1-7-9-11-35-43-49-64(69)77-55-62(83-66(71)51-45-36-12-10-8-2)57-81-85(73,74)79-53-61(68)54-80-86(75,76)82-58-63(56-78-65(70)50-44-39-33-29-25-21-18-17-20-24-28-32-38-42-48-60(5)6)84-67(72)52-46-40-34-30-26-22-16-14-13-15-19-23-27-31-37-41-47-59(3)4/h59-63,68H,7-58H2,1-6H3,(H,73,74)(H,75,76)/t61-,62+,63+/m0/s1. The molecule has 0 aliphatic carbocycles. The van der Waals surface area contributed by atoms with Crippen LogP contribution >= 0.6 is 15.6 Å². The second-order valence-corrected chi connectivity index (χ2v) is 28.1. The van der Waals surface area contributed by atoms with Crippen LogP contribution < -0.4 is 0 Å². The van der Waals surface area contributed by atoms with E-state index in [1.165, 1.54) is 148 Å². The van der Waals surface area contributed by atoms with Crippen LogP contribution in [0.25, 0.3) is 0 Å². The van der Waals surface area contributed by atoms with Crippen LogP contribution in [0.5, 0.6) is 0 Å². The van der Waals surface area contributed by atoms with Crippen molar-refractivity contribution >= 4 is 39.5 Å². The molecular formula is C67H130O17P2. The van der Waals surface area contributed by atoms with Gasteiger partial charge < -0.3 is 33.8 Å². The smallest absolute Gasteiger partial charge is 0.462 e. The highest BCUT2D eigenvalue weighted by Crippen LogP contribution is 2.45. The van der Waals surface area contributed by atoms with Gasteiger partial charge in [0.2, 0.25) is 0 Å². The highest BCUT2D eigenvalue weighted by Gasteiger charge is 2.30. The van der Waals surface area contributed by atoms with E-state index >= 15 is 0 Å². The zero-order valence-electron chi connectivity index (χ0n) is 55.6. The topological polar surface area (TPSA) is 237 Å². The van der Waals surface area contributed by atoms with E-state index in [1.807, 2.05) is 0 Å². The summed E-state index contributed by atoms with van der Waals surface area (Å²) >= 11 is 0. The molecule has 5 atom stereocenters. The van der Waals surface area contributed by atoms with E-state index in [-0.39, 0.29) is 25.7 Å².